The van der Waals surface area contributed by atoms with Crippen LogP contribution in [0.5, 0.6) is 0 Å². The molecular weight excluding hydrogens is 617 g/mol. The molecule has 0 saturated heterocycles. The van der Waals surface area contributed by atoms with Gasteiger partial charge in [-0.1, -0.05) is 66.7 Å². The summed E-state index contributed by atoms with van der Waals surface area (Å²) in [7, 11) is 0. The van der Waals surface area contributed by atoms with Gasteiger partial charge in [-0.25, -0.2) is 15.0 Å². The van der Waals surface area contributed by atoms with Crippen LogP contribution in [0.3, 0.4) is 0 Å². The molecule has 4 fully saturated rings. The first-order valence-electron chi connectivity index (χ1n) is 17.7. The van der Waals surface area contributed by atoms with Gasteiger partial charge < -0.3 is 8.83 Å². The lowest BCUT2D eigenvalue weighted by molar-refractivity contribution is -0.00518. The molecule has 4 aliphatic rings. The average molecular weight is 649 g/mol. The highest BCUT2D eigenvalue weighted by atomic mass is 16.3. The minimum atomic E-state index is 0.321. The number of rotatable bonds is 4. The first-order valence-corrected chi connectivity index (χ1v) is 17.7. The topological polar surface area (TPSA) is 88.7 Å². The van der Waals surface area contributed by atoms with Crippen molar-refractivity contribution in [1.82, 2.24) is 15.0 Å². The summed E-state index contributed by atoms with van der Waals surface area (Å²) in [6, 6.07) is 37.1. The van der Waals surface area contributed by atoms with Gasteiger partial charge in [0.05, 0.1) is 22.8 Å². The lowest BCUT2D eigenvalue weighted by Gasteiger charge is -2.57. The minimum Gasteiger partial charge on any atom is -0.455 e. The van der Waals surface area contributed by atoms with Crippen LogP contribution in [0.4, 0.5) is 0 Å². The molecule has 5 aromatic carbocycles. The van der Waals surface area contributed by atoms with Gasteiger partial charge in [0.2, 0.25) is 0 Å². The number of aromatic nitrogens is 3. The first kappa shape index (κ1) is 28.1. The first-order chi connectivity index (χ1) is 24.6. The number of nitrogens with zero attached hydrogens (tertiary/aromatic N) is 4. The van der Waals surface area contributed by atoms with E-state index >= 15 is 0 Å². The molecule has 0 amide bonds. The summed E-state index contributed by atoms with van der Waals surface area (Å²) in [5.41, 5.74) is 7.89. The average Bonchev–Trinajstić information content (AvgIpc) is 3.72. The van der Waals surface area contributed by atoms with Crippen LogP contribution in [-0.4, -0.2) is 15.0 Å². The van der Waals surface area contributed by atoms with Crippen molar-refractivity contribution in [3.05, 3.63) is 114 Å². The molecule has 0 radical (unpaired) electrons. The van der Waals surface area contributed by atoms with Gasteiger partial charge in [0, 0.05) is 27.1 Å². The van der Waals surface area contributed by atoms with E-state index in [1.54, 1.807) is 6.07 Å². The zero-order valence-electron chi connectivity index (χ0n) is 27.4. The van der Waals surface area contributed by atoms with Gasteiger partial charge >= 0.3 is 0 Å². The van der Waals surface area contributed by atoms with Crippen molar-refractivity contribution in [2.24, 2.45) is 17.8 Å². The third kappa shape index (κ3) is 4.16. The maximum atomic E-state index is 9.57. The van der Waals surface area contributed by atoms with Gasteiger partial charge in [-0.2, -0.15) is 5.26 Å². The number of benzene rings is 5. The molecule has 0 aliphatic heterocycles. The van der Waals surface area contributed by atoms with Gasteiger partial charge in [0.1, 0.15) is 22.3 Å². The summed E-state index contributed by atoms with van der Waals surface area (Å²) in [6.07, 6.45) is 8.29. The van der Waals surface area contributed by atoms with E-state index in [0.717, 1.165) is 67.2 Å². The Hall–Kier alpha value is -5.80. The standard InChI is InChI=1S/C44H32N4O2/c45-24-25-11-16-38-36(20-25)33-7-4-9-35(40(33)50-38)43-47-41(29-12-14-30(15-13-29)44-21-26-17-27(22-44)19-28(18-26)23-44)46-42(48-43)34-8-3-6-32-31-5-1-2-10-37(31)49-39(32)34/h1-16,20,26-28H,17-19,21-23H2. The second kappa shape index (κ2) is 10.4. The fraction of sp³-hybridized carbons (Fsp3) is 0.227. The molecule has 6 nitrogen and oxygen atoms in total. The van der Waals surface area contributed by atoms with Crippen molar-refractivity contribution >= 4 is 43.9 Å². The SMILES string of the molecule is N#Cc1ccc2oc3c(-c4nc(-c5ccc(C67CC8CC(CC(C8)C6)C7)cc5)nc(-c5cccc6c5oc5ccccc56)n4)cccc3c2c1. The summed E-state index contributed by atoms with van der Waals surface area (Å²) >= 11 is 0. The van der Waals surface area contributed by atoms with E-state index < -0.39 is 0 Å². The molecule has 4 saturated carbocycles. The maximum Gasteiger partial charge on any atom is 0.167 e. The Kier molecular flexibility index (Phi) is 5.81. The number of hydrogen-bond acceptors (Lipinski definition) is 6. The molecule has 4 bridgehead atoms. The van der Waals surface area contributed by atoms with Crippen LogP contribution < -0.4 is 0 Å². The van der Waals surface area contributed by atoms with E-state index in [4.69, 9.17) is 23.8 Å². The molecule has 3 aromatic heterocycles. The van der Waals surface area contributed by atoms with Crippen molar-refractivity contribution in [3.8, 4) is 40.2 Å². The number of furan rings is 2. The van der Waals surface area contributed by atoms with E-state index in [1.807, 2.05) is 60.7 Å². The Morgan fingerprint density at radius 3 is 1.76 bits per heavy atom. The Morgan fingerprint density at radius 2 is 1.12 bits per heavy atom. The van der Waals surface area contributed by atoms with Gasteiger partial charge in [-0.15, -0.1) is 0 Å². The fourth-order valence-corrected chi connectivity index (χ4v) is 10.2. The molecule has 0 spiro atoms. The largest absolute Gasteiger partial charge is 0.455 e. The predicted molar refractivity (Wildman–Crippen MR) is 195 cm³/mol. The molecule has 6 heteroatoms. The van der Waals surface area contributed by atoms with Gasteiger partial charge in [-0.05, 0) is 104 Å². The van der Waals surface area contributed by atoms with Crippen LogP contribution in [-0.2, 0) is 5.41 Å². The van der Waals surface area contributed by atoms with E-state index in [0.29, 0.717) is 39.6 Å². The van der Waals surface area contributed by atoms with E-state index in [-0.39, 0.29) is 0 Å². The highest BCUT2D eigenvalue weighted by molar-refractivity contribution is 6.10. The third-order valence-electron chi connectivity index (χ3n) is 11.9. The van der Waals surface area contributed by atoms with Crippen LogP contribution >= 0.6 is 0 Å². The van der Waals surface area contributed by atoms with Gasteiger partial charge in [0.25, 0.3) is 0 Å². The molecule has 8 aromatic rings. The zero-order valence-corrected chi connectivity index (χ0v) is 27.4. The molecule has 4 aliphatic carbocycles. The van der Waals surface area contributed by atoms with Crippen LogP contribution in [0.2, 0.25) is 0 Å². The summed E-state index contributed by atoms with van der Waals surface area (Å²) in [5, 5.41) is 13.5. The van der Waals surface area contributed by atoms with Crippen LogP contribution in [0, 0.1) is 29.1 Å². The second-order valence-electron chi connectivity index (χ2n) is 15.0. The summed E-state index contributed by atoms with van der Waals surface area (Å²) in [6.45, 7) is 0. The summed E-state index contributed by atoms with van der Waals surface area (Å²) < 4.78 is 12.9. The maximum absolute atomic E-state index is 9.57. The summed E-state index contributed by atoms with van der Waals surface area (Å²) in [4.78, 5) is 15.4. The molecule has 0 N–H and O–H groups in total. The fourth-order valence-electron chi connectivity index (χ4n) is 10.2. The van der Waals surface area contributed by atoms with Gasteiger partial charge in [0.15, 0.2) is 17.5 Å². The predicted octanol–water partition coefficient (Wildman–Crippen LogP) is 11.0. The highest BCUT2D eigenvalue weighted by Crippen LogP contribution is 2.60. The Morgan fingerprint density at radius 1 is 0.560 bits per heavy atom. The smallest absolute Gasteiger partial charge is 0.167 e. The van der Waals surface area contributed by atoms with Crippen molar-refractivity contribution in [1.29, 1.82) is 5.26 Å². The van der Waals surface area contributed by atoms with E-state index in [2.05, 4.69) is 42.5 Å². The molecule has 50 heavy (non-hydrogen) atoms. The lowest BCUT2D eigenvalue weighted by atomic mass is 9.48. The number of para-hydroxylation sites is 3. The highest BCUT2D eigenvalue weighted by Gasteiger charge is 2.51. The Labute approximate surface area is 288 Å². The van der Waals surface area contributed by atoms with E-state index in [1.165, 1.54) is 44.1 Å². The molecule has 0 atom stereocenters. The summed E-state index contributed by atoms with van der Waals surface area (Å²) in [5.74, 6) is 4.34. The molecule has 3 heterocycles. The quantitative estimate of drug-likeness (QED) is 0.189. The molecular formula is C44H32N4O2. The van der Waals surface area contributed by atoms with Crippen molar-refractivity contribution in [3.63, 3.8) is 0 Å². The zero-order chi connectivity index (χ0) is 33.0. The normalized spacial score (nSPS) is 22.6. The van der Waals surface area contributed by atoms with Crippen LogP contribution in [0.15, 0.2) is 112 Å². The number of nitriles is 1. The molecule has 12 rings (SSSR count). The van der Waals surface area contributed by atoms with Gasteiger partial charge in [-0.3, -0.25) is 0 Å². The van der Waals surface area contributed by atoms with Crippen LogP contribution in [0.25, 0.3) is 78.0 Å². The van der Waals surface area contributed by atoms with Crippen molar-refractivity contribution in [2.45, 2.75) is 43.9 Å². The van der Waals surface area contributed by atoms with Crippen molar-refractivity contribution in [2.75, 3.05) is 0 Å². The van der Waals surface area contributed by atoms with Crippen LogP contribution in [0.1, 0.15) is 49.7 Å². The van der Waals surface area contributed by atoms with Crippen molar-refractivity contribution < 1.29 is 8.83 Å². The second-order valence-corrected chi connectivity index (χ2v) is 15.0. The number of fused-ring (bicyclic) bond motifs is 6. The molecule has 0 unspecified atom stereocenters. The Bertz CT molecular complexity index is 2680. The Balaban J connectivity index is 1.10. The number of hydrogen-bond donors (Lipinski definition) is 0. The minimum absolute atomic E-state index is 0.321. The molecule has 240 valence electrons. The third-order valence-corrected chi connectivity index (χ3v) is 11.9. The lowest BCUT2D eigenvalue weighted by Crippen LogP contribution is -2.48. The van der Waals surface area contributed by atoms with E-state index in [9.17, 15) is 5.26 Å². The monoisotopic (exact) mass is 648 g/mol.